The first-order valence-electron chi connectivity index (χ1n) is 9.00. The van der Waals surface area contributed by atoms with E-state index in [0.717, 1.165) is 44.3 Å². The Hall–Kier alpha value is -2.89. The van der Waals surface area contributed by atoms with Crippen LogP contribution in [0.1, 0.15) is 35.2 Å². The lowest BCUT2D eigenvalue weighted by Crippen LogP contribution is -2.30. The van der Waals surface area contributed by atoms with Gasteiger partial charge in [-0.1, -0.05) is 30.3 Å². The van der Waals surface area contributed by atoms with E-state index in [-0.39, 0.29) is 11.6 Å². The van der Waals surface area contributed by atoms with Gasteiger partial charge in [-0.15, -0.1) is 0 Å². The molecule has 0 spiro atoms. The summed E-state index contributed by atoms with van der Waals surface area (Å²) in [6, 6.07) is 14.6. The third kappa shape index (κ3) is 4.39. The van der Waals surface area contributed by atoms with E-state index in [1.807, 2.05) is 35.2 Å². The highest BCUT2D eigenvalue weighted by molar-refractivity contribution is 5.95. The van der Waals surface area contributed by atoms with E-state index >= 15 is 0 Å². The summed E-state index contributed by atoms with van der Waals surface area (Å²) in [6.45, 7) is 2.14. The number of carbonyl (C=O) groups excluding carboxylic acids is 1. The quantitative estimate of drug-likeness (QED) is 0.636. The second-order valence-electron chi connectivity index (χ2n) is 6.50. The van der Waals surface area contributed by atoms with Crippen LogP contribution in [0.15, 0.2) is 48.5 Å². The molecule has 0 saturated carbocycles. The van der Waals surface area contributed by atoms with Crippen LogP contribution in [-0.2, 0) is 6.42 Å². The highest BCUT2D eigenvalue weighted by atomic mass is 16.6. The van der Waals surface area contributed by atoms with Crippen LogP contribution >= 0.6 is 0 Å². The van der Waals surface area contributed by atoms with Crippen molar-refractivity contribution in [3.05, 3.63) is 69.8 Å². The molecule has 1 amide bonds. The number of piperidine rings is 1. The molecule has 1 aliphatic heterocycles. The van der Waals surface area contributed by atoms with Gasteiger partial charge in [-0.3, -0.25) is 14.9 Å². The Kier molecular flexibility index (Phi) is 5.84. The van der Waals surface area contributed by atoms with Crippen LogP contribution in [0.4, 0.5) is 11.4 Å². The lowest BCUT2D eigenvalue weighted by molar-refractivity contribution is -0.384. The van der Waals surface area contributed by atoms with Crippen LogP contribution in [0.25, 0.3) is 0 Å². The molecular formula is C20H23N3O3. The molecule has 6 nitrogen and oxygen atoms in total. The molecule has 0 aromatic heterocycles. The molecule has 1 heterocycles. The van der Waals surface area contributed by atoms with Gasteiger partial charge in [-0.05, 0) is 43.4 Å². The first-order chi connectivity index (χ1) is 12.6. The minimum Gasteiger partial charge on any atom is -0.366 e. The van der Waals surface area contributed by atoms with Crippen molar-refractivity contribution in [1.29, 1.82) is 0 Å². The molecular weight excluding hydrogens is 330 g/mol. The lowest BCUT2D eigenvalue weighted by Gasteiger charge is -2.28. The van der Waals surface area contributed by atoms with Crippen LogP contribution in [0.5, 0.6) is 0 Å². The maximum atomic E-state index is 12.3. The number of nitro groups is 1. The summed E-state index contributed by atoms with van der Waals surface area (Å²) in [5.41, 5.74) is 2.07. The van der Waals surface area contributed by atoms with Crippen molar-refractivity contribution in [2.45, 2.75) is 25.7 Å². The molecule has 2 aromatic rings. The fraction of sp³-hybridized carbons (Fsp3) is 0.350. The second kappa shape index (κ2) is 8.47. The Morgan fingerprint density at radius 3 is 2.50 bits per heavy atom. The summed E-state index contributed by atoms with van der Waals surface area (Å²) in [7, 11) is 0. The first-order valence-corrected chi connectivity index (χ1v) is 9.00. The zero-order chi connectivity index (χ0) is 18.4. The molecule has 2 aromatic carbocycles. The Labute approximate surface area is 153 Å². The number of benzene rings is 2. The molecule has 1 aliphatic rings. The molecule has 1 N–H and O–H groups in total. The molecule has 0 radical (unpaired) electrons. The van der Waals surface area contributed by atoms with Crippen molar-refractivity contribution in [3.63, 3.8) is 0 Å². The maximum absolute atomic E-state index is 12.3. The van der Waals surface area contributed by atoms with Crippen LogP contribution in [0.3, 0.4) is 0 Å². The Morgan fingerprint density at radius 1 is 1.08 bits per heavy atom. The Balaban J connectivity index is 1.68. The number of rotatable bonds is 6. The minimum atomic E-state index is -0.398. The van der Waals surface area contributed by atoms with Crippen LogP contribution in [-0.4, -0.2) is 30.5 Å². The molecule has 136 valence electrons. The van der Waals surface area contributed by atoms with E-state index < -0.39 is 4.92 Å². The number of nitro benzene ring substituents is 1. The third-order valence-corrected chi connectivity index (χ3v) is 4.67. The summed E-state index contributed by atoms with van der Waals surface area (Å²) in [5, 5.41) is 14.3. The van der Waals surface area contributed by atoms with Crippen molar-refractivity contribution < 1.29 is 9.72 Å². The molecule has 0 atom stereocenters. The summed E-state index contributed by atoms with van der Waals surface area (Å²) in [6.07, 6.45) is 3.96. The van der Waals surface area contributed by atoms with E-state index in [2.05, 4.69) is 5.32 Å². The van der Waals surface area contributed by atoms with E-state index in [1.165, 1.54) is 6.07 Å². The summed E-state index contributed by atoms with van der Waals surface area (Å²) >= 11 is 0. The summed E-state index contributed by atoms with van der Waals surface area (Å²) < 4.78 is 0. The molecule has 6 heteroatoms. The fourth-order valence-electron chi connectivity index (χ4n) is 3.28. The van der Waals surface area contributed by atoms with Gasteiger partial charge in [0.25, 0.3) is 11.6 Å². The predicted octanol–water partition coefficient (Wildman–Crippen LogP) is 3.56. The number of anilines is 1. The summed E-state index contributed by atoms with van der Waals surface area (Å²) in [4.78, 5) is 25.5. The van der Waals surface area contributed by atoms with Crippen molar-refractivity contribution in [1.82, 2.24) is 5.32 Å². The second-order valence-corrected chi connectivity index (χ2v) is 6.50. The zero-order valence-corrected chi connectivity index (χ0v) is 14.7. The number of nitrogens with one attached hydrogen (secondary N) is 1. The molecule has 0 unspecified atom stereocenters. The lowest BCUT2D eigenvalue weighted by atomic mass is 10.1. The SMILES string of the molecule is O=C(NCCc1ccccc1)c1ccc(N2CCCCC2)c([N+](=O)[O-])c1. The van der Waals surface area contributed by atoms with Crippen LogP contribution < -0.4 is 10.2 Å². The van der Waals surface area contributed by atoms with Gasteiger partial charge in [0.05, 0.1) is 4.92 Å². The van der Waals surface area contributed by atoms with Gasteiger partial charge >= 0.3 is 0 Å². The number of carbonyl (C=O) groups is 1. The standard InChI is InChI=1S/C20H23N3O3/c24-20(21-12-11-16-7-3-1-4-8-16)17-9-10-18(19(15-17)23(25)26)22-13-5-2-6-14-22/h1,3-4,7-10,15H,2,5-6,11-14H2,(H,21,24). The third-order valence-electron chi connectivity index (χ3n) is 4.67. The van der Waals surface area contributed by atoms with E-state index in [1.54, 1.807) is 12.1 Å². The van der Waals surface area contributed by atoms with Gasteiger partial charge in [0.15, 0.2) is 0 Å². The number of hydrogen-bond donors (Lipinski definition) is 1. The van der Waals surface area contributed by atoms with Crippen molar-refractivity contribution in [2.75, 3.05) is 24.5 Å². The fourth-order valence-corrected chi connectivity index (χ4v) is 3.28. The molecule has 26 heavy (non-hydrogen) atoms. The molecule has 1 saturated heterocycles. The van der Waals surface area contributed by atoms with Gasteiger partial charge in [0.2, 0.25) is 0 Å². The van der Waals surface area contributed by atoms with Crippen molar-refractivity contribution in [2.24, 2.45) is 0 Å². The van der Waals surface area contributed by atoms with Gasteiger partial charge in [-0.25, -0.2) is 0 Å². The number of nitrogens with zero attached hydrogens (tertiary/aromatic N) is 2. The van der Waals surface area contributed by atoms with Gasteiger partial charge in [0.1, 0.15) is 5.69 Å². The molecule has 0 bridgehead atoms. The Bertz CT molecular complexity index is 771. The molecule has 1 fully saturated rings. The minimum absolute atomic E-state index is 0.00242. The number of hydrogen-bond acceptors (Lipinski definition) is 4. The average molecular weight is 353 g/mol. The Morgan fingerprint density at radius 2 is 1.81 bits per heavy atom. The van der Waals surface area contributed by atoms with Gasteiger partial charge < -0.3 is 10.2 Å². The maximum Gasteiger partial charge on any atom is 0.293 e. The van der Waals surface area contributed by atoms with E-state index in [4.69, 9.17) is 0 Å². The monoisotopic (exact) mass is 353 g/mol. The van der Waals surface area contributed by atoms with Crippen LogP contribution in [0.2, 0.25) is 0 Å². The molecule has 0 aliphatic carbocycles. The first kappa shape index (κ1) is 17.9. The highest BCUT2D eigenvalue weighted by Gasteiger charge is 2.23. The topological polar surface area (TPSA) is 75.5 Å². The average Bonchev–Trinajstić information content (AvgIpc) is 2.69. The van der Waals surface area contributed by atoms with Crippen LogP contribution in [0, 0.1) is 10.1 Å². The summed E-state index contributed by atoms with van der Waals surface area (Å²) in [5.74, 6) is -0.283. The molecule has 3 rings (SSSR count). The van der Waals surface area contributed by atoms with Gasteiger partial charge in [-0.2, -0.15) is 0 Å². The number of amides is 1. The highest BCUT2D eigenvalue weighted by Crippen LogP contribution is 2.31. The van der Waals surface area contributed by atoms with Crippen molar-refractivity contribution in [3.8, 4) is 0 Å². The van der Waals surface area contributed by atoms with E-state index in [9.17, 15) is 14.9 Å². The predicted molar refractivity (Wildman–Crippen MR) is 102 cm³/mol. The van der Waals surface area contributed by atoms with Gasteiger partial charge in [0, 0.05) is 31.3 Å². The largest absolute Gasteiger partial charge is 0.366 e. The normalized spacial score (nSPS) is 14.1. The van der Waals surface area contributed by atoms with E-state index in [0.29, 0.717) is 17.8 Å². The van der Waals surface area contributed by atoms with Crippen molar-refractivity contribution >= 4 is 17.3 Å². The smallest absolute Gasteiger partial charge is 0.293 e. The zero-order valence-electron chi connectivity index (χ0n) is 14.7.